The number of carbonyl (C=O) groups is 2. The third-order valence-electron chi connectivity index (χ3n) is 2.52. The van der Waals surface area contributed by atoms with Crippen LogP contribution in [0.5, 0.6) is 5.75 Å². The van der Waals surface area contributed by atoms with Crippen LogP contribution >= 0.6 is 45.2 Å². The van der Waals surface area contributed by atoms with Gasteiger partial charge >= 0.3 is 5.97 Å². The van der Waals surface area contributed by atoms with E-state index in [1.165, 1.54) is 4.90 Å². The Morgan fingerprint density at radius 1 is 1.32 bits per heavy atom. The van der Waals surface area contributed by atoms with Crippen LogP contribution < -0.4 is 0 Å². The largest absolute Gasteiger partial charge is 0.506 e. The first-order valence-corrected chi connectivity index (χ1v) is 7.71. The maximum atomic E-state index is 12.3. The Hall–Kier alpha value is -0.580. The number of hydrogen-bond donors (Lipinski definition) is 2. The lowest BCUT2D eigenvalue weighted by Gasteiger charge is -2.21. The lowest BCUT2D eigenvalue weighted by Crippen LogP contribution is -2.33. The van der Waals surface area contributed by atoms with Crippen LogP contribution in [0.25, 0.3) is 0 Å². The highest BCUT2D eigenvalue weighted by Gasteiger charge is 2.20. The van der Waals surface area contributed by atoms with Gasteiger partial charge in [0.2, 0.25) is 0 Å². The fraction of sp³-hybridized carbons (Fsp3) is 0.333. The zero-order valence-electron chi connectivity index (χ0n) is 10.2. The van der Waals surface area contributed by atoms with Crippen molar-refractivity contribution in [3.63, 3.8) is 0 Å². The third-order valence-corrected chi connectivity index (χ3v) is 3.97. The molecule has 19 heavy (non-hydrogen) atoms. The van der Waals surface area contributed by atoms with Crippen molar-refractivity contribution in [3.05, 3.63) is 24.8 Å². The fourth-order valence-corrected chi connectivity index (χ4v) is 3.38. The smallest absolute Gasteiger partial charge is 0.305 e. The van der Waals surface area contributed by atoms with Crippen molar-refractivity contribution in [2.75, 3.05) is 13.1 Å². The van der Waals surface area contributed by atoms with Crippen LogP contribution in [0.3, 0.4) is 0 Å². The van der Waals surface area contributed by atoms with Gasteiger partial charge in [-0.3, -0.25) is 9.59 Å². The van der Waals surface area contributed by atoms with Crippen LogP contribution in [0.1, 0.15) is 23.7 Å². The van der Waals surface area contributed by atoms with E-state index < -0.39 is 5.97 Å². The van der Waals surface area contributed by atoms with Crippen LogP contribution in [0.2, 0.25) is 0 Å². The maximum absolute atomic E-state index is 12.3. The van der Waals surface area contributed by atoms with E-state index in [9.17, 15) is 14.7 Å². The molecule has 1 aromatic rings. The highest BCUT2D eigenvalue weighted by Crippen LogP contribution is 2.28. The number of carbonyl (C=O) groups excluding carboxylic acids is 1. The van der Waals surface area contributed by atoms with E-state index in [4.69, 9.17) is 5.11 Å². The standard InChI is InChI=1S/C12H13I2NO4/c1-2-15(4-3-10(16)17)12(19)8-5-7(13)6-9(14)11(8)18/h5-6,18H,2-4H2,1H3,(H,16,17). The summed E-state index contributed by atoms with van der Waals surface area (Å²) in [4.78, 5) is 24.3. The number of phenolic OH excluding ortho intramolecular Hbond substituents is 1. The Morgan fingerprint density at radius 2 is 1.95 bits per heavy atom. The summed E-state index contributed by atoms with van der Waals surface area (Å²) in [7, 11) is 0. The fourth-order valence-electron chi connectivity index (χ4n) is 1.53. The van der Waals surface area contributed by atoms with Gasteiger partial charge in [0.05, 0.1) is 15.6 Å². The summed E-state index contributed by atoms with van der Waals surface area (Å²) < 4.78 is 1.44. The first-order chi connectivity index (χ1) is 8.86. The molecular formula is C12H13I2NO4. The monoisotopic (exact) mass is 489 g/mol. The summed E-state index contributed by atoms with van der Waals surface area (Å²) in [6, 6.07) is 3.37. The van der Waals surface area contributed by atoms with Gasteiger partial charge in [0.25, 0.3) is 5.91 Å². The van der Waals surface area contributed by atoms with Gasteiger partial charge in [-0.2, -0.15) is 0 Å². The molecule has 7 heteroatoms. The van der Waals surface area contributed by atoms with E-state index in [1.54, 1.807) is 19.1 Å². The van der Waals surface area contributed by atoms with E-state index in [1.807, 2.05) is 22.6 Å². The third kappa shape index (κ3) is 4.48. The van der Waals surface area contributed by atoms with Crippen LogP contribution in [0.15, 0.2) is 12.1 Å². The molecule has 0 bridgehead atoms. The molecule has 0 aliphatic carbocycles. The predicted molar refractivity (Wildman–Crippen MR) is 87.4 cm³/mol. The molecular weight excluding hydrogens is 476 g/mol. The van der Waals surface area contributed by atoms with Gasteiger partial charge < -0.3 is 15.1 Å². The van der Waals surface area contributed by atoms with Gasteiger partial charge in [-0.1, -0.05) is 0 Å². The Kier molecular flexibility index (Phi) is 6.30. The summed E-state index contributed by atoms with van der Waals surface area (Å²) >= 11 is 4.02. The molecule has 0 unspecified atom stereocenters. The predicted octanol–water partition coefficient (Wildman–Crippen LogP) is 2.54. The number of rotatable bonds is 5. The first kappa shape index (κ1) is 16.5. The maximum Gasteiger partial charge on any atom is 0.305 e. The van der Waals surface area contributed by atoms with Gasteiger partial charge in [0.15, 0.2) is 0 Å². The molecule has 0 saturated carbocycles. The topological polar surface area (TPSA) is 77.8 Å². The van der Waals surface area contributed by atoms with E-state index >= 15 is 0 Å². The number of hydrogen-bond acceptors (Lipinski definition) is 3. The van der Waals surface area contributed by atoms with Gasteiger partial charge in [0.1, 0.15) is 5.75 Å². The van der Waals surface area contributed by atoms with Crippen LogP contribution in [-0.2, 0) is 4.79 Å². The average Bonchev–Trinajstić information content (AvgIpc) is 2.33. The number of halogens is 2. The molecule has 1 amide bonds. The summed E-state index contributed by atoms with van der Waals surface area (Å²) in [5.41, 5.74) is 0.212. The molecule has 0 spiro atoms. The van der Waals surface area contributed by atoms with E-state index in [0.29, 0.717) is 10.1 Å². The summed E-state index contributed by atoms with van der Waals surface area (Å²) in [6.07, 6.45) is -0.110. The molecule has 0 saturated heterocycles. The van der Waals surface area contributed by atoms with E-state index in [0.717, 1.165) is 3.57 Å². The molecule has 5 nitrogen and oxygen atoms in total. The number of nitrogens with zero attached hydrogens (tertiary/aromatic N) is 1. The molecule has 0 aliphatic heterocycles. The van der Waals surface area contributed by atoms with E-state index in [2.05, 4.69) is 22.6 Å². The zero-order valence-corrected chi connectivity index (χ0v) is 14.5. The van der Waals surface area contributed by atoms with Crippen LogP contribution in [0, 0.1) is 7.14 Å². The number of amides is 1. The summed E-state index contributed by atoms with van der Waals surface area (Å²) in [5.74, 6) is -1.36. The Bertz CT molecular complexity index is 505. The second-order valence-electron chi connectivity index (χ2n) is 3.81. The Balaban J connectivity index is 3.00. The molecule has 2 N–H and O–H groups in total. The number of carboxylic acids is 1. The minimum Gasteiger partial charge on any atom is -0.506 e. The lowest BCUT2D eigenvalue weighted by atomic mass is 10.1. The van der Waals surface area contributed by atoms with E-state index in [-0.39, 0.29) is 30.2 Å². The average molecular weight is 489 g/mol. The van der Waals surface area contributed by atoms with Crippen LogP contribution in [-0.4, -0.2) is 40.1 Å². The Morgan fingerprint density at radius 3 is 2.47 bits per heavy atom. The molecule has 104 valence electrons. The highest BCUT2D eigenvalue weighted by atomic mass is 127. The van der Waals surface area contributed by atoms with Crippen molar-refractivity contribution < 1.29 is 19.8 Å². The number of benzene rings is 1. The minimum atomic E-state index is -0.951. The van der Waals surface area contributed by atoms with Gasteiger partial charge in [0, 0.05) is 16.7 Å². The van der Waals surface area contributed by atoms with Crippen molar-refractivity contribution in [1.29, 1.82) is 0 Å². The molecule has 0 radical (unpaired) electrons. The minimum absolute atomic E-state index is 0.0557. The summed E-state index contributed by atoms with van der Waals surface area (Å²) in [5, 5.41) is 18.6. The number of aromatic hydroxyl groups is 1. The quantitative estimate of drug-likeness (QED) is 0.624. The van der Waals surface area contributed by atoms with Gasteiger partial charge in [-0.25, -0.2) is 0 Å². The van der Waals surface area contributed by atoms with Gasteiger partial charge in [-0.05, 0) is 64.2 Å². The number of phenols is 1. The normalized spacial score (nSPS) is 10.3. The van der Waals surface area contributed by atoms with Crippen molar-refractivity contribution >= 4 is 57.1 Å². The second kappa shape index (κ2) is 7.27. The molecule has 0 aliphatic rings. The van der Waals surface area contributed by atoms with Crippen molar-refractivity contribution in [1.82, 2.24) is 4.90 Å². The summed E-state index contributed by atoms with van der Waals surface area (Å²) in [6.45, 7) is 2.30. The van der Waals surface area contributed by atoms with Gasteiger partial charge in [-0.15, -0.1) is 0 Å². The number of carboxylic acid groups (broad SMARTS) is 1. The van der Waals surface area contributed by atoms with Crippen molar-refractivity contribution in [3.8, 4) is 5.75 Å². The lowest BCUT2D eigenvalue weighted by molar-refractivity contribution is -0.137. The molecule has 0 atom stereocenters. The highest BCUT2D eigenvalue weighted by molar-refractivity contribution is 14.1. The second-order valence-corrected chi connectivity index (χ2v) is 6.22. The SMILES string of the molecule is CCN(CCC(=O)O)C(=O)c1cc(I)cc(I)c1O. The zero-order chi connectivity index (χ0) is 14.6. The molecule has 1 rings (SSSR count). The molecule has 0 heterocycles. The number of aliphatic carboxylic acids is 1. The Labute approximate surface area is 138 Å². The molecule has 0 fully saturated rings. The van der Waals surface area contributed by atoms with Crippen LogP contribution in [0.4, 0.5) is 0 Å². The molecule has 1 aromatic carbocycles. The molecule has 0 aromatic heterocycles. The van der Waals surface area contributed by atoms with Crippen molar-refractivity contribution in [2.24, 2.45) is 0 Å². The first-order valence-electron chi connectivity index (χ1n) is 5.55. The van der Waals surface area contributed by atoms with Crippen molar-refractivity contribution in [2.45, 2.75) is 13.3 Å².